The second-order valence-electron chi connectivity index (χ2n) is 5.13. The average Bonchev–Trinajstić information content (AvgIpc) is 2.38. The standard InChI is InChI=1S/C14H20N2O3S/c1-14(2,3)19-13(17)15-9-12(16-18)10-5-7-11(20-4)8-6-10/h5-8,18H,9H2,1-4H3,(H,15,17)/b16-12+. The predicted molar refractivity (Wildman–Crippen MR) is 80.8 cm³/mol. The van der Waals surface area contributed by atoms with E-state index in [1.807, 2.05) is 30.5 Å². The quantitative estimate of drug-likeness (QED) is 0.387. The summed E-state index contributed by atoms with van der Waals surface area (Å²) in [4.78, 5) is 12.7. The van der Waals surface area contributed by atoms with Crippen molar-refractivity contribution in [2.45, 2.75) is 31.3 Å². The highest BCUT2D eigenvalue weighted by molar-refractivity contribution is 7.98. The van der Waals surface area contributed by atoms with Crippen molar-refractivity contribution in [2.24, 2.45) is 5.16 Å². The second kappa shape index (κ2) is 7.19. The van der Waals surface area contributed by atoms with Crippen LogP contribution < -0.4 is 5.32 Å². The van der Waals surface area contributed by atoms with Gasteiger partial charge in [-0.25, -0.2) is 4.79 Å². The number of nitrogens with zero attached hydrogens (tertiary/aromatic N) is 1. The first-order valence-corrected chi connectivity index (χ1v) is 7.40. The minimum Gasteiger partial charge on any atom is -0.444 e. The Morgan fingerprint density at radius 2 is 1.95 bits per heavy atom. The highest BCUT2D eigenvalue weighted by Crippen LogP contribution is 2.15. The van der Waals surface area contributed by atoms with E-state index in [2.05, 4.69) is 10.5 Å². The smallest absolute Gasteiger partial charge is 0.407 e. The largest absolute Gasteiger partial charge is 0.444 e. The van der Waals surface area contributed by atoms with Gasteiger partial charge < -0.3 is 15.3 Å². The second-order valence-corrected chi connectivity index (χ2v) is 6.01. The molecule has 0 saturated carbocycles. The zero-order chi connectivity index (χ0) is 15.2. The van der Waals surface area contributed by atoms with Gasteiger partial charge in [-0.2, -0.15) is 0 Å². The van der Waals surface area contributed by atoms with E-state index in [-0.39, 0.29) is 6.54 Å². The number of hydrogen-bond donors (Lipinski definition) is 2. The molecule has 0 atom stereocenters. The molecule has 0 aliphatic heterocycles. The number of thioether (sulfide) groups is 1. The van der Waals surface area contributed by atoms with Gasteiger partial charge in [0.25, 0.3) is 0 Å². The highest BCUT2D eigenvalue weighted by Gasteiger charge is 2.16. The Morgan fingerprint density at radius 1 is 1.35 bits per heavy atom. The summed E-state index contributed by atoms with van der Waals surface area (Å²) in [7, 11) is 0. The van der Waals surface area contributed by atoms with Crippen LogP contribution in [0.4, 0.5) is 4.79 Å². The fraction of sp³-hybridized carbons (Fsp3) is 0.429. The Hall–Kier alpha value is -1.69. The van der Waals surface area contributed by atoms with E-state index in [0.717, 1.165) is 10.5 Å². The van der Waals surface area contributed by atoms with E-state index < -0.39 is 11.7 Å². The first-order valence-electron chi connectivity index (χ1n) is 6.18. The summed E-state index contributed by atoms with van der Waals surface area (Å²) in [5.74, 6) is 0. The monoisotopic (exact) mass is 296 g/mol. The van der Waals surface area contributed by atoms with Gasteiger partial charge in [-0.3, -0.25) is 0 Å². The molecule has 20 heavy (non-hydrogen) atoms. The van der Waals surface area contributed by atoms with Gasteiger partial charge in [0.05, 0.1) is 6.54 Å². The number of amides is 1. The summed E-state index contributed by atoms with van der Waals surface area (Å²) in [6.45, 7) is 5.46. The Balaban J connectivity index is 2.62. The van der Waals surface area contributed by atoms with Crippen molar-refractivity contribution >= 4 is 23.6 Å². The normalized spacial score (nSPS) is 12.1. The molecule has 0 aliphatic rings. The summed E-state index contributed by atoms with van der Waals surface area (Å²) in [5, 5.41) is 14.8. The van der Waals surface area contributed by atoms with Gasteiger partial charge in [0.1, 0.15) is 11.3 Å². The summed E-state index contributed by atoms with van der Waals surface area (Å²) >= 11 is 1.63. The van der Waals surface area contributed by atoms with Crippen LogP contribution in [0.15, 0.2) is 34.3 Å². The van der Waals surface area contributed by atoms with Crippen LogP contribution >= 0.6 is 11.8 Å². The lowest BCUT2D eigenvalue weighted by Gasteiger charge is -2.19. The molecule has 1 rings (SSSR count). The van der Waals surface area contributed by atoms with Crippen LogP contribution in [0.1, 0.15) is 26.3 Å². The third kappa shape index (κ3) is 5.52. The summed E-state index contributed by atoms with van der Waals surface area (Å²) in [5.41, 5.74) is 0.575. The van der Waals surface area contributed by atoms with Crippen LogP contribution in [0.3, 0.4) is 0 Å². The summed E-state index contributed by atoms with van der Waals surface area (Å²) in [6, 6.07) is 7.55. The van der Waals surface area contributed by atoms with Crippen LogP contribution in [0, 0.1) is 0 Å². The molecule has 0 radical (unpaired) electrons. The number of benzene rings is 1. The van der Waals surface area contributed by atoms with Crippen molar-refractivity contribution in [1.29, 1.82) is 0 Å². The fourth-order valence-corrected chi connectivity index (χ4v) is 1.86. The average molecular weight is 296 g/mol. The maximum atomic E-state index is 11.5. The molecule has 1 amide bonds. The molecule has 5 nitrogen and oxygen atoms in total. The summed E-state index contributed by atoms with van der Waals surface area (Å²) < 4.78 is 5.11. The van der Waals surface area contributed by atoms with Crippen molar-refractivity contribution in [3.8, 4) is 0 Å². The molecule has 1 aromatic carbocycles. The number of nitrogens with one attached hydrogen (secondary N) is 1. The summed E-state index contributed by atoms with van der Waals surface area (Å²) in [6.07, 6.45) is 1.44. The lowest BCUT2D eigenvalue weighted by Crippen LogP contribution is -2.35. The Labute approximate surface area is 123 Å². The molecule has 0 saturated heterocycles. The van der Waals surface area contributed by atoms with Gasteiger partial charge in [0, 0.05) is 10.5 Å². The number of hydrogen-bond acceptors (Lipinski definition) is 5. The molecule has 0 aromatic heterocycles. The van der Waals surface area contributed by atoms with Crippen LogP contribution in [-0.4, -0.2) is 35.4 Å². The number of carbonyl (C=O) groups is 1. The highest BCUT2D eigenvalue weighted by atomic mass is 32.2. The zero-order valence-electron chi connectivity index (χ0n) is 12.1. The molecule has 0 heterocycles. The van der Waals surface area contributed by atoms with Crippen molar-refractivity contribution in [2.75, 3.05) is 12.8 Å². The number of alkyl carbamates (subject to hydrolysis) is 1. The third-order valence-corrected chi connectivity index (χ3v) is 3.09. The number of oxime groups is 1. The molecule has 1 aromatic rings. The molecule has 2 N–H and O–H groups in total. The van der Waals surface area contributed by atoms with Gasteiger partial charge in [-0.15, -0.1) is 11.8 Å². The molecule has 0 fully saturated rings. The lowest BCUT2D eigenvalue weighted by molar-refractivity contribution is 0.0536. The van der Waals surface area contributed by atoms with E-state index >= 15 is 0 Å². The van der Waals surface area contributed by atoms with E-state index in [9.17, 15) is 4.79 Å². The van der Waals surface area contributed by atoms with Crippen LogP contribution in [0.5, 0.6) is 0 Å². The van der Waals surface area contributed by atoms with E-state index in [4.69, 9.17) is 9.94 Å². The molecule has 0 spiro atoms. The Kier molecular flexibility index (Phi) is 5.88. The van der Waals surface area contributed by atoms with Crippen LogP contribution in [-0.2, 0) is 4.74 Å². The van der Waals surface area contributed by atoms with Crippen molar-refractivity contribution in [3.63, 3.8) is 0 Å². The number of ether oxygens (including phenoxy) is 1. The predicted octanol–water partition coefficient (Wildman–Crippen LogP) is 3.11. The van der Waals surface area contributed by atoms with Crippen LogP contribution in [0.25, 0.3) is 0 Å². The maximum absolute atomic E-state index is 11.5. The van der Waals surface area contributed by atoms with Gasteiger partial charge in [0.2, 0.25) is 0 Å². The fourth-order valence-electron chi connectivity index (χ4n) is 1.45. The maximum Gasteiger partial charge on any atom is 0.407 e. The number of carbonyl (C=O) groups excluding carboxylic acids is 1. The molecule has 6 heteroatoms. The topological polar surface area (TPSA) is 70.9 Å². The van der Waals surface area contributed by atoms with Gasteiger partial charge in [-0.05, 0) is 39.2 Å². The molecule has 110 valence electrons. The first kappa shape index (κ1) is 16.4. The van der Waals surface area contributed by atoms with E-state index in [1.54, 1.807) is 32.5 Å². The molecular weight excluding hydrogens is 276 g/mol. The van der Waals surface area contributed by atoms with Crippen molar-refractivity contribution in [3.05, 3.63) is 29.8 Å². The zero-order valence-corrected chi connectivity index (χ0v) is 13.0. The van der Waals surface area contributed by atoms with Gasteiger partial charge in [-0.1, -0.05) is 17.3 Å². The van der Waals surface area contributed by atoms with E-state index in [0.29, 0.717) is 5.71 Å². The minimum absolute atomic E-state index is 0.101. The van der Waals surface area contributed by atoms with Crippen molar-refractivity contribution < 1.29 is 14.7 Å². The van der Waals surface area contributed by atoms with E-state index in [1.165, 1.54) is 0 Å². The SMILES string of the molecule is CSc1ccc(/C(CNC(=O)OC(C)(C)C)=N/O)cc1. The van der Waals surface area contributed by atoms with Gasteiger partial charge >= 0.3 is 6.09 Å². The molecule has 0 aliphatic carbocycles. The molecule has 0 unspecified atom stereocenters. The van der Waals surface area contributed by atoms with Crippen molar-refractivity contribution in [1.82, 2.24) is 5.32 Å². The third-order valence-electron chi connectivity index (χ3n) is 2.34. The Bertz CT molecular complexity index is 478. The van der Waals surface area contributed by atoms with Gasteiger partial charge in [0.15, 0.2) is 0 Å². The number of rotatable bonds is 4. The first-order chi connectivity index (χ1) is 9.35. The van der Waals surface area contributed by atoms with Crippen LogP contribution in [0.2, 0.25) is 0 Å². The lowest BCUT2D eigenvalue weighted by atomic mass is 10.1. The Morgan fingerprint density at radius 3 is 2.40 bits per heavy atom. The molecular formula is C14H20N2O3S. The molecule has 0 bridgehead atoms. The minimum atomic E-state index is -0.555.